The van der Waals surface area contributed by atoms with Crippen molar-refractivity contribution in [1.82, 2.24) is 5.32 Å². The van der Waals surface area contributed by atoms with E-state index in [1.54, 1.807) is 24.3 Å². The molecular formula is C23H22N2O2. The van der Waals surface area contributed by atoms with Gasteiger partial charge in [-0.2, -0.15) is 0 Å². The van der Waals surface area contributed by atoms with Gasteiger partial charge in [0.25, 0.3) is 5.69 Å². The van der Waals surface area contributed by atoms with E-state index >= 15 is 0 Å². The SMILES string of the molecule is CC(NC/C=C(\c1ccccc1)c1ccc([N+](=O)[O-])cc1)c1ccccc1. The van der Waals surface area contributed by atoms with Crippen molar-refractivity contribution in [3.8, 4) is 0 Å². The predicted molar refractivity (Wildman–Crippen MR) is 109 cm³/mol. The highest BCUT2D eigenvalue weighted by molar-refractivity contribution is 5.80. The normalized spacial score (nSPS) is 12.6. The van der Waals surface area contributed by atoms with Crippen molar-refractivity contribution in [1.29, 1.82) is 0 Å². The summed E-state index contributed by atoms with van der Waals surface area (Å²) in [4.78, 5) is 10.5. The molecule has 0 saturated heterocycles. The fourth-order valence-corrected chi connectivity index (χ4v) is 2.98. The van der Waals surface area contributed by atoms with E-state index in [4.69, 9.17) is 0 Å². The van der Waals surface area contributed by atoms with Gasteiger partial charge in [0.2, 0.25) is 0 Å². The number of hydrogen-bond acceptors (Lipinski definition) is 3. The van der Waals surface area contributed by atoms with Crippen LogP contribution in [0.25, 0.3) is 5.57 Å². The first kappa shape index (κ1) is 18.5. The summed E-state index contributed by atoms with van der Waals surface area (Å²) in [6.07, 6.45) is 2.13. The van der Waals surface area contributed by atoms with Crippen LogP contribution in [0.1, 0.15) is 29.7 Å². The highest BCUT2D eigenvalue weighted by Crippen LogP contribution is 2.25. The molecule has 0 aliphatic rings. The van der Waals surface area contributed by atoms with E-state index in [0.29, 0.717) is 6.54 Å². The Hall–Kier alpha value is -3.24. The molecule has 3 rings (SSSR count). The first-order valence-corrected chi connectivity index (χ1v) is 8.94. The Bertz CT molecular complexity index is 904. The van der Waals surface area contributed by atoms with Gasteiger partial charge in [0.05, 0.1) is 4.92 Å². The molecule has 0 heterocycles. The third-order valence-electron chi connectivity index (χ3n) is 4.50. The molecule has 0 aliphatic carbocycles. The van der Waals surface area contributed by atoms with Gasteiger partial charge >= 0.3 is 0 Å². The lowest BCUT2D eigenvalue weighted by molar-refractivity contribution is -0.384. The van der Waals surface area contributed by atoms with Crippen LogP contribution in [0.2, 0.25) is 0 Å². The second-order valence-electron chi connectivity index (χ2n) is 6.33. The molecule has 27 heavy (non-hydrogen) atoms. The van der Waals surface area contributed by atoms with Gasteiger partial charge in [-0.15, -0.1) is 0 Å². The number of benzene rings is 3. The monoisotopic (exact) mass is 358 g/mol. The molecule has 0 spiro atoms. The quantitative estimate of drug-likeness (QED) is 0.456. The summed E-state index contributed by atoms with van der Waals surface area (Å²) in [5.41, 5.74) is 4.43. The number of nitro benzene ring substituents is 1. The minimum absolute atomic E-state index is 0.0991. The molecule has 0 aromatic heterocycles. The van der Waals surface area contributed by atoms with E-state index in [1.807, 2.05) is 48.5 Å². The molecule has 4 heteroatoms. The summed E-state index contributed by atoms with van der Waals surface area (Å²) in [5, 5.41) is 14.4. The number of rotatable bonds is 7. The van der Waals surface area contributed by atoms with E-state index in [1.165, 1.54) is 5.56 Å². The molecule has 0 radical (unpaired) electrons. The van der Waals surface area contributed by atoms with E-state index in [-0.39, 0.29) is 16.7 Å². The highest BCUT2D eigenvalue weighted by atomic mass is 16.6. The average molecular weight is 358 g/mol. The van der Waals surface area contributed by atoms with Crippen LogP contribution in [0.3, 0.4) is 0 Å². The molecule has 3 aromatic rings. The summed E-state index contributed by atoms with van der Waals surface area (Å²) < 4.78 is 0. The molecule has 1 unspecified atom stereocenters. The lowest BCUT2D eigenvalue weighted by Crippen LogP contribution is -2.18. The predicted octanol–water partition coefficient (Wildman–Crippen LogP) is 5.38. The molecule has 136 valence electrons. The molecule has 1 N–H and O–H groups in total. The molecule has 0 saturated carbocycles. The van der Waals surface area contributed by atoms with Crippen LogP contribution in [-0.2, 0) is 0 Å². The zero-order valence-electron chi connectivity index (χ0n) is 15.2. The van der Waals surface area contributed by atoms with Gasteiger partial charge in [-0.05, 0) is 41.3 Å². The number of nitrogens with one attached hydrogen (secondary N) is 1. The Kier molecular flexibility index (Phi) is 6.13. The van der Waals surface area contributed by atoms with E-state index in [0.717, 1.165) is 16.7 Å². The third-order valence-corrected chi connectivity index (χ3v) is 4.50. The summed E-state index contributed by atoms with van der Waals surface area (Å²) >= 11 is 0. The summed E-state index contributed by atoms with van der Waals surface area (Å²) in [7, 11) is 0. The maximum absolute atomic E-state index is 10.9. The zero-order valence-corrected chi connectivity index (χ0v) is 15.2. The highest BCUT2D eigenvalue weighted by Gasteiger charge is 2.09. The molecular weight excluding hydrogens is 336 g/mol. The number of nitrogens with zero attached hydrogens (tertiary/aromatic N) is 1. The van der Waals surface area contributed by atoms with Crippen LogP contribution < -0.4 is 5.32 Å². The fraction of sp³-hybridized carbons (Fsp3) is 0.130. The minimum atomic E-state index is -0.376. The Balaban J connectivity index is 1.82. The van der Waals surface area contributed by atoms with E-state index in [9.17, 15) is 10.1 Å². The number of hydrogen-bond donors (Lipinski definition) is 1. The largest absolute Gasteiger partial charge is 0.307 e. The maximum atomic E-state index is 10.9. The molecule has 0 amide bonds. The topological polar surface area (TPSA) is 55.2 Å². The van der Waals surface area contributed by atoms with Gasteiger partial charge in [-0.3, -0.25) is 10.1 Å². The smallest absolute Gasteiger partial charge is 0.269 e. The lowest BCUT2D eigenvalue weighted by Gasteiger charge is -2.14. The summed E-state index contributed by atoms with van der Waals surface area (Å²) in [6, 6.07) is 27.3. The lowest BCUT2D eigenvalue weighted by atomic mass is 9.97. The summed E-state index contributed by atoms with van der Waals surface area (Å²) in [6.45, 7) is 2.83. The van der Waals surface area contributed by atoms with Crippen LogP contribution in [0.15, 0.2) is 91.0 Å². The molecule has 0 bridgehead atoms. The average Bonchev–Trinajstić information content (AvgIpc) is 2.72. The maximum Gasteiger partial charge on any atom is 0.269 e. The van der Waals surface area contributed by atoms with Crippen molar-refractivity contribution in [2.24, 2.45) is 0 Å². The van der Waals surface area contributed by atoms with E-state index < -0.39 is 0 Å². The third kappa shape index (κ3) is 4.90. The Morgan fingerprint density at radius 2 is 1.48 bits per heavy atom. The van der Waals surface area contributed by atoms with Gasteiger partial charge in [0, 0.05) is 24.7 Å². The number of nitro groups is 1. The fourth-order valence-electron chi connectivity index (χ4n) is 2.98. The van der Waals surface area contributed by atoms with Crippen molar-refractivity contribution >= 4 is 11.3 Å². The van der Waals surface area contributed by atoms with Crippen molar-refractivity contribution in [2.75, 3.05) is 6.54 Å². The van der Waals surface area contributed by atoms with Gasteiger partial charge in [0.15, 0.2) is 0 Å². The van der Waals surface area contributed by atoms with E-state index in [2.05, 4.69) is 30.4 Å². The number of non-ortho nitro benzene ring substituents is 1. The Labute approximate surface area is 159 Å². The van der Waals surface area contributed by atoms with Gasteiger partial charge < -0.3 is 5.32 Å². The molecule has 0 aliphatic heterocycles. The molecule has 1 atom stereocenters. The standard InChI is InChI=1S/C23H22N2O2/c1-18(19-8-4-2-5-9-19)24-17-16-23(20-10-6-3-7-11-20)21-12-14-22(15-13-21)25(26)27/h2-16,18,24H,17H2,1H3/b23-16+. The minimum Gasteiger partial charge on any atom is -0.307 e. The van der Waals surface area contributed by atoms with Crippen molar-refractivity contribution < 1.29 is 4.92 Å². The second-order valence-corrected chi connectivity index (χ2v) is 6.33. The van der Waals surface area contributed by atoms with Crippen LogP contribution in [0, 0.1) is 10.1 Å². The zero-order chi connectivity index (χ0) is 19.1. The Morgan fingerprint density at radius 3 is 2.07 bits per heavy atom. The van der Waals surface area contributed by atoms with Crippen LogP contribution >= 0.6 is 0 Å². The molecule has 4 nitrogen and oxygen atoms in total. The van der Waals surface area contributed by atoms with Crippen LogP contribution in [0.5, 0.6) is 0 Å². The van der Waals surface area contributed by atoms with Crippen molar-refractivity contribution in [2.45, 2.75) is 13.0 Å². The van der Waals surface area contributed by atoms with Crippen molar-refractivity contribution in [3.63, 3.8) is 0 Å². The molecule has 0 fully saturated rings. The van der Waals surface area contributed by atoms with Gasteiger partial charge in [-0.1, -0.05) is 66.7 Å². The van der Waals surface area contributed by atoms with Crippen LogP contribution in [-0.4, -0.2) is 11.5 Å². The summed E-state index contributed by atoms with van der Waals surface area (Å²) in [5.74, 6) is 0. The first-order valence-electron chi connectivity index (χ1n) is 8.94. The first-order chi connectivity index (χ1) is 13.1. The second kappa shape index (κ2) is 8.92. The van der Waals surface area contributed by atoms with Gasteiger partial charge in [0.1, 0.15) is 0 Å². The molecule has 3 aromatic carbocycles. The van der Waals surface area contributed by atoms with Gasteiger partial charge in [-0.25, -0.2) is 0 Å². The Morgan fingerprint density at radius 1 is 0.926 bits per heavy atom. The van der Waals surface area contributed by atoms with Crippen LogP contribution in [0.4, 0.5) is 5.69 Å². The van der Waals surface area contributed by atoms with Crippen molar-refractivity contribution in [3.05, 3.63) is 118 Å².